The predicted molar refractivity (Wildman–Crippen MR) is 88.2 cm³/mol. The Hall–Kier alpha value is -2.56. The van der Waals surface area contributed by atoms with Gasteiger partial charge in [-0.05, 0) is 37.5 Å². The average Bonchev–Trinajstić information content (AvgIpc) is 3.22. The van der Waals surface area contributed by atoms with E-state index in [0.29, 0.717) is 25.3 Å². The van der Waals surface area contributed by atoms with Crippen molar-refractivity contribution in [2.45, 2.75) is 26.3 Å². The smallest absolute Gasteiger partial charge is 0.307 e. The van der Waals surface area contributed by atoms with Crippen LogP contribution in [0.5, 0.6) is 0 Å². The van der Waals surface area contributed by atoms with E-state index >= 15 is 0 Å². The van der Waals surface area contributed by atoms with Crippen LogP contribution in [0.4, 0.5) is 0 Å². The van der Waals surface area contributed by atoms with Crippen molar-refractivity contribution in [1.82, 2.24) is 4.90 Å². The topological polar surface area (TPSA) is 70.8 Å². The van der Waals surface area contributed by atoms with Gasteiger partial charge < -0.3 is 14.4 Å². The largest absolute Gasteiger partial charge is 0.481 e. The summed E-state index contributed by atoms with van der Waals surface area (Å²) in [5, 5.41) is 9.06. The van der Waals surface area contributed by atoms with Crippen LogP contribution in [0.15, 0.2) is 47.1 Å². The maximum absolute atomic E-state index is 12.6. The lowest BCUT2D eigenvalue weighted by Gasteiger charge is -2.22. The fourth-order valence-electron chi connectivity index (χ4n) is 2.85. The quantitative estimate of drug-likeness (QED) is 0.849. The highest BCUT2D eigenvalue weighted by Gasteiger charge is 2.49. The van der Waals surface area contributed by atoms with Gasteiger partial charge in [-0.1, -0.05) is 29.8 Å². The lowest BCUT2D eigenvalue weighted by atomic mass is 10.1. The SMILES string of the molecule is Cc1ccc(CCN(Cc2ccco2)C(=O)C2CC2C(=O)O)cc1. The summed E-state index contributed by atoms with van der Waals surface area (Å²) in [6, 6.07) is 11.8. The first-order valence-corrected chi connectivity index (χ1v) is 8.14. The van der Waals surface area contributed by atoms with Gasteiger partial charge in [0.25, 0.3) is 0 Å². The van der Waals surface area contributed by atoms with E-state index < -0.39 is 17.8 Å². The Kier molecular flexibility index (Phi) is 4.69. The lowest BCUT2D eigenvalue weighted by molar-refractivity contribution is -0.142. The number of furan rings is 1. The number of rotatable bonds is 7. The zero-order chi connectivity index (χ0) is 17.1. The van der Waals surface area contributed by atoms with Gasteiger partial charge in [-0.25, -0.2) is 0 Å². The number of aryl methyl sites for hydroxylation is 1. The first-order chi connectivity index (χ1) is 11.5. The zero-order valence-electron chi connectivity index (χ0n) is 13.6. The molecule has 126 valence electrons. The molecule has 0 aliphatic heterocycles. The summed E-state index contributed by atoms with van der Waals surface area (Å²) in [5.41, 5.74) is 2.35. The van der Waals surface area contributed by atoms with Crippen LogP contribution >= 0.6 is 0 Å². The maximum atomic E-state index is 12.6. The van der Waals surface area contributed by atoms with Gasteiger partial charge in [0, 0.05) is 6.54 Å². The molecule has 1 N–H and O–H groups in total. The number of aliphatic carboxylic acids is 1. The van der Waals surface area contributed by atoms with Crippen molar-refractivity contribution in [3.63, 3.8) is 0 Å². The molecule has 5 nitrogen and oxygen atoms in total. The molecule has 1 heterocycles. The van der Waals surface area contributed by atoms with Crippen LogP contribution in [-0.4, -0.2) is 28.4 Å². The molecule has 0 spiro atoms. The molecule has 2 atom stereocenters. The summed E-state index contributed by atoms with van der Waals surface area (Å²) in [5.74, 6) is -1.19. The molecule has 1 aromatic carbocycles. The van der Waals surface area contributed by atoms with Crippen molar-refractivity contribution in [3.8, 4) is 0 Å². The Morgan fingerprint density at radius 3 is 2.54 bits per heavy atom. The van der Waals surface area contributed by atoms with Crippen molar-refractivity contribution in [3.05, 3.63) is 59.5 Å². The van der Waals surface area contributed by atoms with Crippen molar-refractivity contribution in [1.29, 1.82) is 0 Å². The number of nitrogens with zero attached hydrogens (tertiary/aromatic N) is 1. The van der Waals surface area contributed by atoms with E-state index in [2.05, 4.69) is 24.3 Å². The molecule has 2 unspecified atom stereocenters. The average molecular weight is 327 g/mol. The number of carbonyl (C=O) groups is 2. The van der Waals surface area contributed by atoms with Crippen LogP contribution in [0, 0.1) is 18.8 Å². The third-order valence-electron chi connectivity index (χ3n) is 4.45. The third-order valence-corrected chi connectivity index (χ3v) is 4.45. The van der Waals surface area contributed by atoms with Crippen LogP contribution in [0.1, 0.15) is 23.3 Å². The maximum Gasteiger partial charge on any atom is 0.307 e. The van der Waals surface area contributed by atoms with Gasteiger partial charge >= 0.3 is 5.97 Å². The highest BCUT2D eigenvalue weighted by Crippen LogP contribution is 2.40. The standard InChI is InChI=1S/C19H21NO4/c1-13-4-6-14(7-5-13)8-9-20(12-15-3-2-10-24-15)18(21)16-11-17(16)19(22)23/h2-7,10,16-17H,8-9,11-12H2,1H3,(H,22,23). The van der Waals surface area contributed by atoms with Gasteiger partial charge in [0.15, 0.2) is 0 Å². The van der Waals surface area contributed by atoms with E-state index in [-0.39, 0.29) is 5.91 Å². The third kappa shape index (κ3) is 3.85. The molecule has 0 saturated heterocycles. The van der Waals surface area contributed by atoms with Gasteiger partial charge in [-0.3, -0.25) is 9.59 Å². The molecule has 0 bridgehead atoms. The molecule has 0 radical (unpaired) electrons. The number of carboxylic acid groups (broad SMARTS) is 1. The van der Waals surface area contributed by atoms with Crippen molar-refractivity contribution in [2.24, 2.45) is 11.8 Å². The number of carboxylic acids is 1. The minimum Gasteiger partial charge on any atom is -0.481 e. The Labute approximate surface area is 140 Å². The molecule has 1 amide bonds. The fraction of sp³-hybridized carbons (Fsp3) is 0.368. The summed E-state index contributed by atoms with van der Waals surface area (Å²) in [6.07, 6.45) is 2.75. The fourth-order valence-corrected chi connectivity index (χ4v) is 2.85. The van der Waals surface area contributed by atoms with Crippen LogP contribution in [-0.2, 0) is 22.6 Å². The number of hydrogen-bond acceptors (Lipinski definition) is 3. The molecule has 1 aliphatic carbocycles. The number of amides is 1. The van der Waals surface area contributed by atoms with E-state index in [4.69, 9.17) is 9.52 Å². The lowest BCUT2D eigenvalue weighted by Crippen LogP contribution is -2.34. The van der Waals surface area contributed by atoms with Gasteiger partial charge in [0.1, 0.15) is 5.76 Å². The van der Waals surface area contributed by atoms with Crippen LogP contribution in [0.25, 0.3) is 0 Å². The number of carbonyl (C=O) groups excluding carboxylic acids is 1. The predicted octanol–water partition coefficient (Wildman–Crippen LogP) is 2.88. The van der Waals surface area contributed by atoms with Gasteiger partial charge in [0.2, 0.25) is 5.91 Å². The second kappa shape index (κ2) is 6.91. The number of hydrogen-bond donors (Lipinski definition) is 1. The van der Waals surface area contributed by atoms with Gasteiger partial charge in [-0.2, -0.15) is 0 Å². The molecule has 1 saturated carbocycles. The Bertz CT molecular complexity index is 705. The summed E-state index contributed by atoms with van der Waals surface area (Å²) in [6.45, 7) is 2.96. The summed E-state index contributed by atoms with van der Waals surface area (Å²) in [4.78, 5) is 25.4. The summed E-state index contributed by atoms with van der Waals surface area (Å²) < 4.78 is 5.35. The van der Waals surface area contributed by atoms with Crippen LogP contribution in [0.2, 0.25) is 0 Å². The second-order valence-corrected chi connectivity index (χ2v) is 6.36. The first kappa shape index (κ1) is 16.3. The molecule has 3 rings (SSSR count). The molecular weight excluding hydrogens is 306 g/mol. The molecule has 24 heavy (non-hydrogen) atoms. The highest BCUT2D eigenvalue weighted by molar-refractivity contribution is 5.89. The molecule has 2 aromatic rings. The van der Waals surface area contributed by atoms with Crippen molar-refractivity contribution < 1.29 is 19.1 Å². The Morgan fingerprint density at radius 2 is 1.96 bits per heavy atom. The minimum atomic E-state index is -0.884. The second-order valence-electron chi connectivity index (χ2n) is 6.36. The van der Waals surface area contributed by atoms with E-state index in [1.165, 1.54) is 5.56 Å². The zero-order valence-corrected chi connectivity index (χ0v) is 13.6. The summed E-state index contributed by atoms with van der Waals surface area (Å²) in [7, 11) is 0. The molecule has 1 aliphatic rings. The molecule has 1 fully saturated rings. The van der Waals surface area contributed by atoms with Crippen LogP contribution < -0.4 is 0 Å². The summed E-state index contributed by atoms with van der Waals surface area (Å²) >= 11 is 0. The van der Waals surface area contributed by atoms with Gasteiger partial charge in [-0.15, -0.1) is 0 Å². The van der Waals surface area contributed by atoms with E-state index in [0.717, 1.165) is 12.0 Å². The number of benzene rings is 1. The first-order valence-electron chi connectivity index (χ1n) is 8.14. The van der Waals surface area contributed by atoms with Gasteiger partial charge in [0.05, 0.1) is 24.6 Å². The molecular formula is C19H21NO4. The van der Waals surface area contributed by atoms with E-state index in [1.807, 2.05) is 13.0 Å². The molecule has 1 aromatic heterocycles. The van der Waals surface area contributed by atoms with Crippen LogP contribution in [0.3, 0.4) is 0 Å². The highest BCUT2D eigenvalue weighted by atomic mass is 16.4. The monoisotopic (exact) mass is 327 g/mol. The Balaban J connectivity index is 1.66. The Morgan fingerprint density at radius 1 is 1.21 bits per heavy atom. The molecule has 5 heteroatoms. The van der Waals surface area contributed by atoms with Crippen molar-refractivity contribution in [2.75, 3.05) is 6.54 Å². The van der Waals surface area contributed by atoms with E-state index in [1.54, 1.807) is 17.2 Å². The van der Waals surface area contributed by atoms with E-state index in [9.17, 15) is 9.59 Å². The minimum absolute atomic E-state index is 0.0917. The van der Waals surface area contributed by atoms with Crippen molar-refractivity contribution >= 4 is 11.9 Å². The normalized spacial score (nSPS) is 19.0.